The number of para-hydroxylation sites is 1. The van der Waals surface area contributed by atoms with Gasteiger partial charge in [0.05, 0.1) is 26.7 Å². The number of nitrogens with zero attached hydrogens (tertiary/aromatic N) is 4. The topological polar surface area (TPSA) is 117 Å². The standard InChI is InChI=1S/C40H37FN6O4S/c1-24-19-31-34(43-21-24)35-27(20-32(52-35)38(49)45-33-25(2)5-3-7-30(33)41)12-16-47(31)39(50)26-8-10-28(11-9-26)44-37(48)29-6-4-15-42-36(29)46-22-40(23-46)13-17-51-18-14-40/h3-11,15,19-21H,12-14,16-18,22-23H2,1-2H3,(H,44,48)(H,45,49). The molecule has 12 heteroatoms. The van der Waals surface area contributed by atoms with Crippen LogP contribution in [0.2, 0.25) is 0 Å². The van der Waals surface area contributed by atoms with Crippen molar-refractivity contribution < 1.29 is 23.5 Å². The Labute approximate surface area is 304 Å². The molecule has 5 aromatic rings. The fourth-order valence-corrected chi connectivity index (χ4v) is 8.41. The third kappa shape index (κ3) is 6.33. The highest BCUT2D eigenvalue weighted by molar-refractivity contribution is 7.17. The Morgan fingerprint density at radius 3 is 2.48 bits per heavy atom. The molecule has 2 fully saturated rings. The van der Waals surface area contributed by atoms with E-state index in [1.807, 2.05) is 13.0 Å². The monoisotopic (exact) mass is 716 g/mol. The number of rotatable bonds is 6. The van der Waals surface area contributed by atoms with Crippen molar-refractivity contribution in [1.82, 2.24) is 9.97 Å². The van der Waals surface area contributed by atoms with E-state index in [0.717, 1.165) is 55.1 Å². The maximum atomic E-state index is 14.5. The van der Waals surface area contributed by atoms with Crippen LogP contribution >= 0.6 is 11.3 Å². The zero-order valence-electron chi connectivity index (χ0n) is 28.9. The van der Waals surface area contributed by atoms with Crippen molar-refractivity contribution >= 4 is 51.9 Å². The predicted molar refractivity (Wildman–Crippen MR) is 200 cm³/mol. The van der Waals surface area contributed by atoms with Gasteiger partial charge in [0, 0.05) is 61.9 Å². The fourth-order valence-electron chi connectivity index (χ4n) is 7.30. The van der Waals surface area contributed by atoms with E-state index in [4.69, 9.17) is 9.72 Å². The Morgan fingerprint density at radius 2 is 1.71 bits per heavy atom. The molecule has 2 aromatic carbocycles. The van der Waals surface area contributed by atoms with Gasteiger partial charge in [-0.2, -0.15) is 0 Å². The number of nitrogens with one attached hydrogen (secondary N) is 2. The van der Waals surface area contributed by atoms with Gasteiger partial charge in [-0.25, -0.2) is 9.37 Å². The number of pyridine rings is 2. The number of hydrogen-bond acceptors (Lipinski definition) is 8. The highest BCUT2D eigenvalue weighted by atomic mass is 32.1. The molecule has 10 nitrogen and oxygen atoms in total. The molecule has 3 amide bonds. The van der Waals surface area contributed by atoms with Crippen molar-refractivity contribution in [2.24, 2.45) is 5.41 Å². The predicted octanol–water partition coefficient (Wildman–Crippen LogP) is 7.29. The second-order valence-electron chi connectivity index (χ2n) is 13.8. The van der Waals surface area contributed by atoms with E-state index in [-0.39, 0.29) is 22.9 Å². The normalized spacial score (nSPS) is 16.0. The summed E-state index contributed by atoms with van der Waals surface area (Å²) in [5.41, 5.74) is 5.59. The Balaban J connectivity index is 0.984. The molecule has 52 heavy (non-hydrogen) atoms. The zero-order valence-corrected chi connectivity index (χ0v) is 29.7. The summed E-state index contributed by atoms with van der Waals surface area (Å²) >= 11 is 1.28. The molecule has 0 bridgehead atoms. The molecule has 264 valence electrons. The number of anilines is 4. The molecular weight excluding hydrogens is 680 g/mol. The quantitative estimate of drug-likeness (QED) is 0.190. The summed E-state index contributed by atoms with van der Waals surface area (Å²) < 4.78 is 20.0. The first-order chi connectivity index (χ1) is 25.2. The summed E-state index contributed by atoms with van der Waals surface area (Å²) in [6, 6.07) is 18.8. The van der Waals surface area contributed by atoms with Crippen LogP contribution in [0, 0.1) is 25.1 Å². The number of ether oxygens (including phenoxy) is 1. The molecule has 1 spiro atoms. The van der Waals surface area contributed by atoms with Crippen LogP contribution in [0.25, 0.3) is 10.6 Å². The molecule has 3 aliphatic rings. The van der Waals surface area contributed by atoms with E-state index in [1.165, 1.54) is 17.4 Å². The van der Waals surface area contributed by atoms with Crippen molar-refractivity contribution in [1.29, 1.82) is 0 Å². The van der Waals surface area contributed by atoms with E-state index in [9.17, 15) is 18.8 Å². The minimum absolute atomic E-state index is 0.157. The van der Waals surface area contributed by atoms with E-state index in [0.29, 0.717) is 57.4 Å². The van der Waals surface area contributed by atoms with Crippen LogP contribution < -0.4 is 20.4 Å². The summed E-state index contributed by atoms with van der Waals surface area (Å²) in [4.78, 5) is 55.2. The molecule has 3 aromatic heterocycles. The number of aryl methyl sites for hydroxylation is 2. The highest BCUT2D eigenvalue weighted by Gasteiger charge is 2.45. The molecule has 0 saturated carbocycles. The average molecular weight is 717 g/mol. The zero-order chi connectivity index (χ0) is 36.0. The van der Waals surface area contributed by atoms with Crippen molar-refractivity contribution in [2.45, 2.75) is 33.1 Å². The minimum Gasteiger partial charge on any atom is -0.381 e. The second-order valence-corrected chi connectivity index (χ2v) is 14.9. The molecule has 0 unspecified atom stereocenters. The summed E-state index contributed by atoms with van der Waals surface area (Å²) in [6.07, 6.45) is 5.99. The molecule has 2 saturated heterocycles. The number of benzene rings is 2. The Morgan fingerprint density at radius 1 is 0.923 bits per heavy atom. The van der Waals surface area contributed by atoms with Gasteiger partial charge in [0.25, 0.3) is 17.7 Å². The first kappa shape index (κ1) is 33.7. The van der Waals surface area contributed by atoms with Gasteiger partial charge < -0.3 is 25.2 Å². The van der Waals surface area contributed by atoms with Gasteiger partial charge in [-0.3, -0.25) is 19.4 Å². The van der Waals surface area contributed by atoms with E-state index in [2.05, 4.69) is 20.5 Å². The van der Waals surface area contributed by atoms with Crippen LogP contribution in [0.15, 0.2) is 79.1 Å². The third-order valence-electron chi connectivity index (χ3n) is 10.2. The number of hydrogen-bond donors (Lipinski definition) is 2. The number of thiophene rings is 1. The molecule has 6 heterocycles. The van der Waals surface area contributed by atoms with Gasteiger partial charge in [-0.05, 0) is 104 Å². The van der Waals surface area contributed by atoms with Gasteiger partial charge in [0.1, 0.15) is 17.3 Å². The Bertz CT molecular complexity index is 2190. The van der Waals surface area contributed by atoms with Crippen LogP contribution in [0.3, 0.4) is 0 Å². The summed E-state index contributed by atoms with van der Waals surface area (Å²) in [6.45, 7) is 7.30. The number of fused-ring (bicyclic) bond motifs is 3. The minimum atomic E-state index is -0.494. The van der Waals surface area contributed by atoms with E-state index < -0.39 is 11.7 Å². The molecule has 8 rings (SSSR count). The molecule has 0 aliphatic carbocycles. The first-order valence-electron chi connectivity index (χ1n) is 17.4. The van der Waals surface area contributed by atoms with Crippen LogP contribution in [0.5, 0.6) is 0 Å². The van der Waals surface area contributed by atoms with Crippen molar-refractivity contribution in [3.8, 4) is 10.6 Å². The highest BCUT2D eigenvalue weighted by Crippen LogP contribution is 2.43. The van der Waals surface area contributed by atoms with Crippen molar-refractivity contribution in [3.63, 3.8) is 0 Å². The summed E-state index contributed by atoms with van der Waals surface area (Å²) in [5.74, 6) is -0.685. The van der Waals surface area contributed by atoms with Crippen molar-refractivity contribution in [3.05, 3.63) is 118 Å². The lowest BCUT2D eigenvalue weighted by atomic mass is 9.73. The lowest BCUT2D eigenvalue weighted by molar-refractivity contribution is -0.000510. The van der Waals surface area contributed by atoms with E-state index >= 15 is 0 Å². The fraction of sp³-hybridized carbons (Fsp3) is 0.275. The molecule has 0 radical (unpaired) electrons. The molecule has 0 atom stereocenters. The smallest absolute Gasteiger partial charge is 0.265 e. The van der Waals surface area contributed by atoms with Crippen LogP contribution in [0.4, 0.5) is 27.3 Å². The van der Waals surface area contributed by atoms with Gasteiger partial charge in [-0.15, -0.1) is 11.3 Å². The lowest BCUT2D eigenvalue weighted by Crippen LogP contribution is -2.59. The largest absolute Gasteiger partial charge is 0.381 e. The Hall–Kier alpha value is -5.46. The Kier molecular flexibility index (Phi) is 8.80. The van der Waals surface area contributed by atoms with Crippen LogP contribution in [-0.2, 0) is 11.2 Å². The number of carbonyl (C=O) groups is 3. The van der Waals surface area contributed by atoms with E-state index in [1.54, 1.807) is 78.8 Å². The lowest BCUT2D eigenvalue weighted by Gasteiger charge is -2.53. The third-order valence-corrected chi connectivity index (χ3v) is 11.4. The number of amides is 3. The maximum Gasteiger partial charge on any atom is 0.265 e. The van der Waals surface area contributed by atoms with Crippen molar-refractivity contribution in [2.75, 3.05) is 53.3 Å². The van der Waals surface area contributed by atoms with Gasteiger partial charge >= 0.3 is 0 Å². The molecule has 3 aliphatic heterocycles. The van der Waals surface area contributed by atoms with Gasteiger partial charge in [0.2, 0.25) is 0 Å². The number of aromatic nitrogens is 2. The molecule has 2 N–H and O–H groups in total. The first-order valence-corrected chi connectivity index (χ1v) is 18.2. The summed E-state index contributed by atoms with van der Waals surface area (Å²) in [5, 5.41) is 5.71. The van der Waals surface area contributed by atoms with Crippen LogP contribution in [0.1, 0.15) is 59.9 Å². The van der Waals surface area contributed by atoms with Gasteiger partial charge in [0.15, 0.2) is 0 Å². The van der Waals surface area contributed by atoms with Gasteiger partial charge in [-0.1, -0.05) is 12.1 Å². The second kappa shape index (κ2) is 13.6. The SMILES string of the molecule is Cc1cnc2c(c1)N(C(=O)c1ccc(NC(=O)c3cccnc3N3CC4(CCOCC4)C3)cc1)CCc1cc(C(=O)Nc3c(C)cccc3F)sc1-2. The number of carbonyl (C=O) groups excluding carboxylic acids is 3. The number of halogens is 1. The summed E-state index contributed by atoms with van der Waals surface area (Å²) in [7, 11) is 0. The van der Waals surface area contributed by atoms with Crippen LogP contribution in [-0.4, -0.2) is 60.5 Å². The molecular formula is C40H37FN6O4S. The maximum absolute atomic E-state index is 14.5. The average Bonchev–Trinajstić information content (AvgIpc) is 3.51.